The molecule has 2 rings (SSSR count). The predicted octanol–water partition coefficient (Wildman–Crippen LogP) is 1.74. The summed E-state index contributed by atoms with van der Waals surface area (Å²) >= 11 is 0. The molecule has 1 atom stereocenters. The molecule has 0 aliphatic heterocycles. The van der Waals surface area contributed by atoms with E-state index in [4.69, 9.17) is 0 Å². The average Bonchev–Trinajstić information content (AvgIpc) is 2.76. The molecule has 1 N–H and O–H groups in total. The summed E-state index contributed by atoms with van der Waals surface area (Å²) in [7, 11) is -0.0889. The molecule has 0 saturated heterocycles. The van der Waals surface area contributed by atoms with Crippen molar-refractivity contribution in [1.82, 2.24) is 14.5 Å². The first-order chi connectivity index (χ1) is 15.0. The van der Waals surface area contributed by atoms with E-state index in [0.29, 0.717) is 5.56 Å². The predicted molar refractivity (Wildman–Crippen MR) is 117 cm³/mol. The molecule has 11 heteroatoms. The maximum atomic E-state index is 13.4. The van der Waals surface area contributed by atoms with Crippen LogP contribution >= 0.6 is 0 Å². The van der Waals surface area contributed by atoms with E-state index in [-0.39, 0.29) is 12.2 Å². The summed E-state index contributed by atoms with van der Waals surface area (Å²) < 4.78 is 54.2. The average molecular weight is 469 g/mol. The molecule has 2 aromatic carbocycles. The number of nitrogens with zero attached hydrogens (tertiary/aromatic N) is 3. The van der Waals surface area contributed by atoms with Crippen LogP contribution in [0.3, 0.4) is 0 Å². The highest BCUT2D eigenvalue weighted by Crippen LogP contribution is 2.21. The molecule has 0 bridgehead atoms. The van der Waals surface area contributed by atoms with Crippen LogP contribution in [0.2, 0.25) is 0 Å². The standard InChI is InChI=1S/C21H26F2N4O4S/c1-15(21(29)24-2)26(13-16-5-7-17(22)8-6-16)20(28)14-27(32(30,31)25(3)4)19-11-9-18(23)10-12-19/h5-12,15H,13-14H2,1-4H3,(H,24,29)/t15-/m0/s1. The van der Waals surface area contributed by atoms with Gasteiger partial charge in [0.05, 0.1) is 5.69 Å². The van der Waals surface area contributed by atoms with Crippen LogP contribution < -0.4 is 9.62 Å². The zero-order valence-corrected chi connectivity index (χ0v) is 19.1. The Labute approximate surface area is 186 Å². The summed E-state index contributed by atoms with van der Waals surface area (Å²) in [5.41, 5.74) is 0.641. The first kappa shape index (κ1) is 25.2. The summed E-state index contributed by atoms with van der Waals surface area (Å²) in [6.07, 6.45) is 0. The molecule has 0 saturated carbocycles. The number of halogens is 2. The topological polar surface area (TPSA) is 90.0 Å². The third kappa shape index (κ3) is 6.01. The largest absolute Gasteiger partial charge is 0.357 e. The molecule has 0 unspecified atom stereocenters. The fraction of sp³-hybridized carbons (Fsp3) is 0.333. The van der Waals surface area contributed by atoms with Gasteiger partial charge in [0.15, 0.2) is 0 Å². The third-order valence-corrected chi connectivity index (χ3v) is 6.63. The minimum atomic E-state index is -4.12. The normalized spacial score (nSPS) is 12.3. The highest BCUT2D eigenvalue weighted by molar-refractivity contribution is 7.90. The first-order valence-corrected chi connectivity index (χ1v) is 11.1. The molecular weight excluding hydrogens is 442 g/mol. The number of amides is 2. The van der Waals surface area contributed by atoms with E-state index in [1.54, 1.807) is 0 Å². The van der Waals surface area contributed by atoms with Crippen molar-refractivity contribution in [2.24, 2.45) is 0 Å². The Bertz CT molecular complexity index is 1040. The quantitative estimate of drug-likeness (QED) is 0.607. The summed E-state index contributed by atoms with van der Waals surface area (Å²) in [6, 6.07) is 9.12. The van der Waals surface area contributed by atoms with Gasteiger partial charge in [0.1, 0.15) is 24.2 Å². The van der Waals surface area contributed by atoms with Gasteiger partial charge in [0, 0.05) is 27.7 Å². The zero-order valence-electron chi connectivity index (χ0n) is 18.2. The van der Waals surface area contributed by atoms with Crippen molar-refractivity contribution in [2.45, 2.75) is 19.5 Å². The van der Waals surface area contributed by atoms with Crippen molar-refractivity contribution in [3.63, 3.8) is 0 Å². The highest BCUT2D eigenvalue weighted by Gasteiger charge is 2.32. The lowest BCUT2D eigenvalue weighted by Crippen LogP contribution is -2.52. The summed E-state index contributed by atoms with van der Waals surface area (Å²) in [5.74, 6) is -2.14. The molecule has 8 nitrogen and oxygen atoms in total. The molecule has 0 aliphatic carbocycles. The molecule has 174 valence electrons. The van der Waals surface area contributed by atoms with E-state index >= 15 is 0 Å². The molecular formula is C21H26F2N4O4S. The Balaban J connectivity index is 2.42. The maximum Gasteiger partial charge on any atom is 0.304 e. The molecule has 0 radical (unpaired) electrons. The number of hydrogen-bond donors (Lipinski definition) is 1. The Kier molecular flexibility index (Phi) is 8.28. The van der Waals surface area contributed by atoms with Crippen LogP contribution in [-0.4, -0.2) is 63.2 Å². The first-order valence-electron chi connectivity index (χ1n) is 9.68. The van der Waals surface area contributed by atoms with Crippen molar-refractivity contribution in [1.29, 1.82) is 0 Å². The number of rotatable bonds is 9. The molecule has 32 heavy (non-hydrogen) atoms. The number of carbonyl (C=O) groups excluding carboxylic acids is 2. The second-order valence-electron chi connectivity index (χ2n) is 7.21. The lowest BCUT2D eigenvalue weighted by molar-refractivity contribution is -0.139. The molecule has 0 aromatic heterocycles. The van der Waals surface area contributed by atoms with Crippen molar-refractivity contribution in [3.05, 3.63) is 65.7 Å². The molecule has 2 aromatic rings. The van der Waals surface area contributed by atoms with Crippen LogP contribution in [0.5, 0.6) is 0 Å². The van der Waals surface area contributed by atoms with Gasteiger partial charge >= 0.3 is 10.2 Å². The lowest BCUT2D eigenvalue weighted by Gasteiger charge is -2.32. The zero-order chi connectivity index (χ0) is 24.1. The van der Waals surface area contributed by atoms with Gasteiger partial charge in [-0.15, -0.1) is 0 Å². The van der Waals surface area contributed by atoms with Crippen LogP contribution in [0, 0.1) is 11.6 Å². The van der Waals surface area contributed by atoms with E-state index in [0.717, 1.165) is 20.7 Å². The summed E-state index contributed by atoms with van der Waals surface area (Å²) in [6.45, 7) is 0.824. The van der Waals surface area contributed by atoms with E-state index in [1.165, 1.54) is 69.4 Å². The van der Waals surface area contributed by atoms with Crippen molar-refractivity contribution in [2.75, 3.05) is 32.0 Å². The van der Waals surface area contributed by atoms with Crippen LogP contribution in [0.25, 0.3) is 0 Å². The van der Waals surface area contributed by atoms with Crippen LogP contribution in [-0.2, 0) is 26.3 Å². The molecule has 2 amide bonds. The molecule has 0 aliphatic rings. The van der Waals surface area contributed by atoms with Gasteiger partial charge in [-0.05, 0) is 48.9 Å². The van der Waals surface area contributed by atoms with E-state index < -0.39 is 46.2 Å². The van der Waals surface area contributed by atoms with E-state index in [2.05, 4.69) is 5.32 Å². The maximum absolute atomic E-state index is 13.4. The van der Waals surface area contributed by atoms with Gasteiger partial charge in [-0.3, -0.25) is 9.59 Å². The van der Waals surface area contributed by atoms with Crippen molar-refractivity contribution in [3.8, 4) is 0 Å². The number of nitrogens with one attached hydrogen (secondary N) is 1. The Morgan fingerprint density at radius 1 is 0.969 bits per heavy atom. The van der Waals surface area contributed by atoms with Gasteiger partial charge in [-0.1, -0.05) is 12.1 Å². The van der Waals surface area contributed by atoms with Gasteiger partial charge in [0.2, 0.25) is 11.8 Å². The molecule has 0 fully saturated rings. The van der Waals surface area contributed by atoms with Gasteiger partial charge in [0.25, 0.3) is 0 Å². The summed E-state index contributed by atoms with van der Waals surface area (Å²) in [5, 5.41) is 2.46. The lowest BCUT2D eigenvalue weighted by atomic mass is 10.1. The molecule has 0 spiro atoms. The van der Waals surface area contributed by atoms with Crippen LogP contribution in [0.4, 0.5) is 14.5 Å². The fourth-order valence-corrected chi connectivity index (χ4v) is 3.96. The van der Waals surface area contributed by atoms with Gasteiger partial charge in [-0.2, -0.15) is 12.7 Å². The number of anilines is 1. The van der Waals surface area contributed by atoms with E-state index in [1.807, 2.05) is 0 Å². The summed E-state index contributed by atoms with van der Waals surface area (Å²) in [4.78, 5) is 26.7. The van der Waals surface area contributed by atoms with E-state index in [9.17, 15) is 26.8 Å². The smallest absolute Gasteiger partial charge is 0.304 e. The van der Waals surface area contributed by atoms with Crippen molar-refractivity contribution >= 4 is 27.7 Å². The van der Waals surface area contributed by atoms with Crippen molar-refractivity contribution < 1.29 is 26.8 Å². The highest BCUT2D eigenvalue weighted by atomic mass is 32.2. The van der Waals surface area contributed by atoms with Crippen LogP contribution in [0.15, 0.2) is 48.5 Å². The second-order valence-corrected chi connectivity index (χ2v) is 9.28. The Morgan fingerprint density at radius 3 is 1.94 bits per heavy atom. The Morgan fingerprint density at radius 2 is 1.47 bits per heavy atom. The van der Waals surface area contributed by atoms with Gasteiger partial charge < -0.3 is 10.2 Å². The fourth-order valence-electron chi connectivity index (χ4n) is 2.90. The minimum absolute atomic E-state index is 0.0486. The number of hydrogen-bond acceptors (Lipinski definition) is 4. The number of likely N-dealkylation sites (N-methyl/N-ethyl adjacent to an activating group) is 1. The number of benzene rings is 2. The molecule has 0 heterocycles. The van der Waals surface area contributed by atoms with Crippen LogP contribution in [0.1, 0.15) is 12.5 Å². The minimum Gasteiger partial charge on any atom is -0.357 e. The monoisotopic (exact) mass is 468 g/mol. The van der Waals surface area contributed by atoms with Gasteiger partial charge in [-0.25, -0.2) is 13.1 Å². The Hall–Kier alpha value is -3.05. The third-order valence-electron chi connectivity index (χ3n) is 4.81. The SMILES string of the molecule is CNC(=O)[C@H](C)N(Cc1ccc(F)cc1)C(=O)CN(c1ccc(F)cc1)S(=O)(=O)N(C)C. The number of carbonyl (C=O) groups is 2. The second kappa shape index (κ2) is 10.5.